The van der Waals surface area contributed by atoms with E-state index < -0.39 is 0 Å². The van der Waals surface area contributed by atoms with Crippen LogP contribution in [0, 0.1) is 19.2 Å². The van der Waals surface area contributed by atoms with Crippen LogP contribution >= 0.6 is 0 Å². The number of benzene rings is 5. The van der Waals surface area contributed by atoms with Gasteiger partial charge in [0.15, 0.2) is 0 Å². The molecule has 7 aromatic rings. The molecule has 0 aliphatic rings. The first-order chi connectivity index (χ1) is 28.3. The van der Waals surface area contributed by atoms with Crippen LogP contribution in [-0.2, 0) is 48.1 Å². The third kappa shape index (κ3) is 9.84. The second-order valence-corrected chi connectivity index (χ2v) is 21.9. The van der Waals surface area contributed by atoms with Crippen LogP contribution in [0.2, 0.25) is 0 Å². The zero-order valence-corrected chi connectivity index (χ0v) is 41.9. The molecule has 0 atom stereocenters. The summed E-state index contributed by atoms with van der Waals surface area (Å²) in [5, 5.41) is 6.01. The molecule has 0 aliphatic carbocycles. The van der Waals surface area contributed by atoms with Crippen molar-refractivity contribution >= 4 is 44.6 Å². The van der Waals surface area contributed by atoms with Crippen molar-refractivity contribution in [2.45, 2.75) is 131 Å². The Kier molecular flexibility index (Phi) is 12.6. The molecule has 62 heavy (non-hydrogen) atoms. The third-order valence-corrected chi connectivity index (χ3v) is 11.7. The second kappa shape index (κ2) is 16.7. The van der Waals surface area contributed by atoms with E-state index in [1.807, 2.05) is 17.2 Å². The molecule has 0 radical (unpaired) electrons. The number of nitrogens with zero attached hydrogens (tertiary/aromatic N) is 3. The first-order valence-electron chi connectivity index (χ1n) is 21.6. The zero-order valence-electron chi connectivity index (χ0n) is 39.6. The fraction of sp³-hybridized carbons (Fsp3) is 0.357. The van der Waals surface area contributed by atoms with Gasteiger partial charge in [0.05, 0.1) is 5.69 Å². The second-order valence-electron chi connectivity index (χ2n) is 21.9. The Morgan fingerprint density at radius 3 is 1.81 bits per heavy atom. The Bertz CT molecular complexity index is 2740. The molecule has 0 spiro atoms. The number of hydrogen-bond acceptors (Lipinski definition) is 4. The predicted octanol–water partition coefficient (Wildman–Crippen LogP) is 15.7. The van der Waals surface area contributed by atoms with Gasteiger partial charge in [-0.2, -0.15) is 6.07 Å². The molecule has 0 amide bonds. The van der Waals surface area contributed by atoms with Crippen LogP contribution < -0.4 is 15.0 Å². The first kappa shape index (κ1) is 46.6. The Morgan fingerprint density at radius 1 is 0.565 bits per heavy atom. The Morgan fingerprint density at radius 2 is 1.16 bits per heavy atom. The first-order valence-corrected chi connectivity index (χ1v) is 21.6. The van der Waals surface area contributed by atoms with E-state index in [0.29, 0.717) is 11.5 Å². The molecule has 2 aromatic heterocycles. The van der Waals surface area contributed by atoms with Gasteiger partial charge >= 0.3 is 0 Å². The fourth-order valence-corrected chi connectivity index (χ4v) is 7.65. The van der Waals surface area contributed by atoms with Gasteiger partial charge in [0.1, 0.15) is 5.82 Å². The molecular weight excluding hydrogens is 940 g/mol. The minimum Gasteiger partial charge on any atom is -0.515 e. The number of fused-ring (bicyclic) bond motifs is 3. The summed E-state index contributed by atoms with van der Waals surface area (Å²) in [5.74, 6) is 2.04. The SMILES string of the molecule is [CH2-]N(c1[c-]c(Oc2[c-]c3c(cc2)c2cc(C(C)(C)C)ccc2n3-c2cc(C(C)(C)C)ccn2)cc(C(C)(C)C)c1)c1cc(C(C)(C)C)ccc1Nc1cccc(C(C)(C)C)c1.[Pt]. The third-order valence-electron chi connectivity index (χ3n) is 11.7. The molecule has 0 fully saturated rings. The van der Waals surface area contributed by atoms with Crippen LogP contribution in [0.3, 0.4) is 0 Å². The van der Waals surface area contributed by atoms with Gasteiger partial charge in [-0.05, 0) is 97.2 Å². The number of aromatic nitrogens is 2. The fourth-order valence-electron chi connectivity index (χ4n) is 7.65. The molecule has 0 bridgehead atoms. The monoisotopic (exact) mass is 1000 g/mol. The largest absolute Gasteiger partial charge is 0.515 e. The van der Waals surface area contributed by atoms with Crippen molar-refractivity contribution in [3.8, 4) is 17.3 Å². The molecular formula is C56H65N4OPt-3. The van der Waals surface area contributed by atoms with Gasteiger partial charge in [-0.3, -0.25) is 7.05 Å². The maximum atomic E-state index is 6.83. The van der Waals surface area contributed by atoms with Crippen molar-refractivity contribution in [2.75, 3.05) is 10.2 Å². The van der Waals surface area contributed by atoms with Crippen molar-refractivity contribution < 1.29 is 25.8 Å². The van der Waals surface area contributed by atoms with Crippen LogP contribution in [0.4, 0.5) is 22.7 Å². The number of pyridine rings is 1. The maximum absolute atomic E-state index is 6.83. The van der Waals surface area contributed by atoms with E-state index in [-0.39, 0.29) is 48.1 Å². The number of rotatable bonds is 7. The summed E-state index contributed by atoms with van der Waals surface area (Å²) in [5.41, 5.74) is 11.5. The maximum Gasteiger partial charge on any atom is 0.135 e. The van der Waals surface area contributed by atoms with Crippen molar-refractivity contribution in [2.24, 2.45) is 0 Å². The quantitative estimate of drug-likeness (QED) is 0.162. The average molecular weight is 1010 g/mol. The number of hydrogen-bond donors (Lipinski definition) is 1. The summed E-state index contributed by atoms with van der Waals surface area (Å²) < 4.78 is 9.05. The normalized spacial score (nSPS) is 12.7. The molecule has 0 aliphatic heterocycles. The van der Waals surface area contributed by atoms with Crippen molar-refractivity contribution in [1.82, 2.24) is 9.55 Å². The van der Waals surface area contributed by atoms with E-state index in [4.69, 9.17) is 9.72 Å². The summed E-state index contributed by atoms with van der Waals surface area (Å²) in [4.78, 5) is 6.91. The van der Waals surface area contributed by atoms with Gasteiger partial charge in [0.25, 0.3) is 0 Å². The smallest absolute Gasteiger partial charge is 0.135 e. The van der Waals surface area contributed by atoms with Gasteiger partial charge in [-0.1, -0.05) is 140 Å². The summed E-state index contributed by atoms with van der Waals surface area (Å²) in [6.07, 6.45) is 1.91. The van der Waals surface area contributed by atoms with E-state index >= 15 is 0 Å². The minimum atomic E-state index is -0.181. The minimum absolute atomic E-state index is 0. The predicted molar refractivity (Wildman–Crippen MR) is 260 cm³/mol. The molecule has 1 N–H and O–H groups in total. The zero-order chi connectivity index (χ0) is 44.4. The van der Waals surface area contributed by atoms with Gasteiger partial charge in [-0.15, -0.1) is 47.0 Å². The molecule has 2 heterocycles. The summed E-state index contributed by atoms with van der Waals surface area (Å²) in [7, 11) is 4.68. The van der Waals surface area contributed by atoms with Crippen LogP contribution in [0.15, 0.2) is 103 Å². The van der Waals surface area contributed by atoms with Gasteiger partial charge in [0.2, 0.25) is 0 Å². The molecule has 5 nitrogen and oxygen atoms in total. The summed E-state index contributed by atoms with van der Waals surface area (Å²) in [6.45, 7) is 33.6. The van der Waals surface area contributed by atoms with Gasteiger partial charge in [-0.25, -0.2) is 4.98 Å². The van der Waals surface area contributed by atoms with Crippen LogP contribution in [0.25, 0.3) is 27.6 Å². The van der Waals surface area contributed by atoms with E-state index in [1.54, 1.807) is 0 Å². The molecule has 5 aromatic carbocycles. The molecule has 0 saturated carbocycles. The van der Waals surface area contributed by atoms with Gasteiger partial charge < -0.3 is 19.5 Å². The van der Waals surface area contributed by atoms with Crippen LogP contribution in [0.1, 0.15) is 132 Å². The van der Waals surface area contributed by atoms with E-state index in [9.17, 15) is 0 Å². The number of ether oxygens (including phenoxy) is 1. The van der Waals surface area contributed by atoms with Gasteiger partial charge in [0, 0.05) is 55.7 Å². The van der Waals surface area contributed by atoms with E-state index in [2.05, 4.69) is 224 Å². The number of nitrogens with one attached hydrogen (secondary N) is 1. The topological polar surface area (TPSA) is 42.3 Å². The molecule has 328 valence electrons. The molecule has 7 rings (SSSR count). The van der Waals surface area contributed by atoms with Crippen molar-refractivity contribution in [3.63, 3.8) is 0 Å². The Labute approximate surface area is 386 Å². The van der Waals surface area contributed by atoms with Crippen LogP contribution in [-0.4, -0.2) is 9.55 Å². The molecule has 6 heteroatoms. The molecule has 0 saturated heterocycles. The number of anilines is 4. The van der Waals surface area contributed by atoms with Crippen molar-refractivity contribution in [3.05, 3.63) is 150 Å². The van der Waals surface area contributed by atoms with Crippen molar-refractivity contribution in [1.29, 1.82) is 0 Å². The molecule has 0 unspecified atom stereocenters. The Hall–Kier alpha value is -4.86. The van der Waals surface area contributed by atoms with E-state index in [0.717, 1.165) is 55.9 Å². The van der Waals surface area contributed by atoms with Crippen LogP contribution in [0.5, 0.6) is 11.5 Å². The standard InChI is InChI=1S/C56H65N4O.Pt/c1-52(2,3)36-18-17-19-41(28-36)58-47-24-20-38(54(7,8)9)32-50(47)59(16)42-29-40(56(13,14)15)30-44(34-42)61-43-22-23-45-46-31-37(53(4,5)6)21-25-48(46)60(49(45)35-43)51-33-39(26-27-57-51)55(10,11)12;/h17-33,58H,16H2,1-15H3;/q-3;. The summed E-state index contributed by atoms with van der Waals surface area (Å²) in [6, 6.07) is 42.2. The van der Waals surface area contributed by atoms with E-state index in [1.165, 1.54) is 22.3 Å². The average Bonchev–Trinajstić information content (AvgIpc) is 3.49. The summed E-state index contributed by atoms with van der Waals surface area (Å²) >= 11 is 0. The Balaban J connectivity index is 0.00000641.